The van der Waals surface area contributed by atoms with Crippen molar-refractivity contribution in [2.24, 2.45) is 4.99 Å². The molecule has 2 aromatic rings. The fourth-order valence-electron chi connectivity index (χ4n) is 2.78. The number of halogens is 4. The molecular formula is C19H25F3IN5O2S. The first-order chi connectivity index (χ1) is 14.0. The van der Waals surface area contributed by atoms with Crippen molar-refractivity contribution in [3.8, 4) is 0 Å². The number of anilines is 1. The highest BCUT2D eigenvalue weighted by Gasteiger charge is 2.33. The Balaban J connectivity index is 0.00000480. The lowest BCUT2D eigenvalue weighted by atomic mass is 10.1. The van der Waals surface area contributed by atoms with Crippen LogP contribution in [0.5, 0.6) is 0 Å². The third-order valence-electron chi connectivity index (χ3n) is 4.15. The maximum absolute atomic E-state index is 13.0. The molecule has 1 aromatic carbocycles. The van der Waals surface area contributed by atoms with Gasteiger partial charge in [-0.05, 0) is 36.2 Å². The fourth-order valence-corrected chi connectivity index (χ4v) is 3.74. The van der Waals surface area contributed by atoms with Crippen molar-refractivity contribution in [3.05, 3.63) is 53.2 Å². The van der Waals surface area contributed by atoms with Crippen LogP contribution in [0.3, 0.4) is 0 Å². The van der Waals surface area contributed by atoms with Gasteiger partial charge in [0.05, 0.1) is 10.5 Å². The molecule has 7 nitrogen and oxygen atoms in total. The van der Waals surface area contributed by atoms with Gasteiger partial charge in [0.1, 0.15) is 5.82 Å². The zero-order chi connectivity index (χ0) is 22.4. The summed E-state index contributed by atoms with van der Waals surface area (Å²) < 4.78 is 62.3. The zero-order valence-corrected chi connectivity index (χ0v) is 20.4. The van der Waals surface area contributed by atoms with Gasteiger partial charge in [0.15, 0.2) is 15.8 Å². The summed E-state index contributed by atoms with van der Waals surface area (Å²) in [6, 6.07) is 7.26. The number of hydrogen-bond donors (Lipinski definition) is 3. The van der Waals surface area contributed by atoms with E-state index in [1.165, 1.54) is 12.3 Å². The number of aromatic nitrogens is 1. The van der Waals surface area contributed by atoms with E-state index < -0.39 is 21.6 Å². The summed E-state index contributed by atoms with van der Waals surface area (Å²) in [4.78, 5) is 8.09. The van der Waals surface area contributed by atoms with Crippen molar-refractivity contribution in [1.29, 1.82) is 0 Å². The number of sulfone groups is 1. The molecular weight excluding hydrogens is 546 g/mol. The second kappa shape index (κ2) is 11.5. The molecule has 0 bridgehead atoms. The van der Waals surface area contributed by atoms with Gasteiger partial charge in [0, 0.05) is 39.1 Å². The molecule has 0 saturated carbocycles. The van der Waals surface area contributed by atoms with Gasteiger partial charge >= 0.3 is 6.18 Å². The van der Waals surface area contributed by atoms with E-state index in [1.54, 1.807) is 32.2 Å². The number of rotatable bonds is 7. The van der Waals surface area contributed by atoms with Gasteiger partial charge in [0.25, 0.3) is 0 Å². The lowest BCUT2D eigenvalue weighted by Crippen LogP contribution is -2.39. The predicted octanol–water partition coefficient (Wildman–Crippen LogP) is 3.21. The zero-order valence-electron chi connectivity index (χ0n) is 17.2. The monoisotopic (exact) mass is 571 g/mol. The molecule has 0 radical (unpaired) electrons. The molecule has 0 fully saturated rings. The molecule has 0 aliphatic rings. The van der Waals surface area contributed by atoms with E-state index in [2.05, 4.69) is 25.9 Å². The average Bonchev–Trinajstić information content (AvgIpc) is 2.66. The van der Waals surface area contributed by atoms with E-state index in [4.69, 9.17) is 0 Å². The van der Waals surface area contributed by atoms with Crippen LogP contribution in [0.1, 0.15) is 16.7 Å². The van der Waals surface area contributed by atoms with Crippen molar-refractivity contribution >= 4 is 45.6 Å². The Kier molecular flexibility index (Phi) is 10.0. The molecule has 0 spiro atoms. The normalized spacial score (nSPS) is 12.1. The number of aryl methyl sites for hydroxylation is 1. The van der Waals surface area contributed by atoms with Crippen LogP contribution in [0.2, 0.25) is 0 Å². The molecule has 0 unspecified atom stereocenters. The van der Waals surface area contributed by atoms with E-state index in [1.807, 2.05) is 0 Å². The molecule has 12 heteroatoms. The minimum atomic E-state index is -4.48. The van der Waals surface area contributed by atoms with Crippen molar-refractivity contribution in [3.63, 3.8) is 0 Å². The van der Waals surface area contributed by atoms with Crippen molar-refractivity contribution in [2.45, 2.75) is 24.5 Å². The first kappa shape index (κ1) is 26.9. The van der Waals surface area contributed by atoms with Crippen LogP contribution in [0.15, 0.2) is 46.4 Å². The van der Waals surface area contributed by atoms with Crippen LogP contribution in [-0.4, -0.2) is 45.8 Å². The first-order valence-electron chi connectivity index (χ1n) is 9.02. The molecule has 0 saturated heterocycles. The van der Waals surface area contributed by atoms with Crippen LogP contribution in [0.4, 0.5) is 19.0 Å². The molecule has 0 aliphatic carbocycles. The van der Waals surface area contributed by atoms with E-state index in [9.17, 15) is 21.6 Å². The molecule has 31 heavy (non-hydrogen) atoms. The SMILES string of the molecule is CN=C(NCCNc1ncccc1C(F)(F)F)NCc1ccc(S(C)(=O)=O)c(C)c1.I. The van der Waals surface area contributed by atoms with E-state index in [0.29, 0.717) is 24.6 Å². The topological polar surface area (TPSA) is 95.5 Å². The van der Waals surface area contributed by atoms with Gasteiger partial charge in [-0.3, -0.25) is 4.99 Å². The Morgan fingerprint density at radius 1 is 1.16 bits per heavy atom. The van der Waals surface area contributed by atoms with Gasteiger partial charge in [0.2, 0.25) is 0 Å². The van der Waals surface area contributed by atoms with Gasteiger partial charge < -0.3 is 16.0 Å². The number of nitrogens with one attached hydrogen (secondary N) is 3. The lowest BCUT2D eigenvalue weighted by molar-refractivity contribution is -0.137. The minimum absolute atomic E-state index is 0. The summed E-state index contributed by atoms with van der Waals surface area (Å²) in [5, 5.41) is 8.73. The molecule has 0 aliphatic heterocycles. The highest BCUT2D eigenvalue weighted by molar-refractivity contribution is 14.0. The third-order valence-corrected chi connectivity index (χ3v) is 5.40. The maximum Gasteiger partial charge on any atom is 0.419 e. The van der Waals surface area contributed by atoms with Crippen LogP contribution in [0, 0.1) is 6.92 Å². The van der Waals surface area contributed by atoms with Crippen molar-refractivity contribution in [1.82, 2.24) is 15.6 Å². The number of guanidine groups is 1. The second-order valence-electron chi connectivity index (χ2n) is 6.55. The molecule has 0 amide bonds. The summed E-state index contributed by atoms with van der Waals surface area (Å²) in [7, 11) is -1.70. The molecule has 3 N–H and O–H groups in total. The second-order valence-corrected chi connectivity index (χ2v) is 8.53. The fraction of sp³-hybridized carbons (Fsp3) is 0.368. The lowest BCUT2D eigenvalue weighted by Gasteiger charge is -2.15. The van der Waals surface area contributed by atoms with Crippen LogP contribution >= 0.6 is 24.0 Å². The van der Waals surface area contributed by atoms with E-state index in [-0.39, 0.29) is 41.2 Å². The van der Waals surface area contributed by atoms with E-state index >= 15 is 0 Å². The van der Waals surface area contributed by atoms with Gasteiger partial charge in [-0.2, -0.15) is 13.2 Å². The quantitative estimate of drug-likeness (QED) is 0.205. The van der Waals surface area contributed by atoms with Gasteiger partial charge in [-0.15, -0.1) is 24.0 Å². The Labute approximate surface area is 196 Å². The van der Waals surface area contributed by atoms with Gasteiger partial charge in [-0.25, -0.2) is 13.4 Å². The van der Waals surface area contributed by atoms with Crippen LogP contribution in [-0.2, 0) is 22.6 Å². The molecule has 0 atom stereocenters. The Morgan fingerprint density at radius 2 is 1.87 bits per heavy atom. The summed E-state index contributed by atoms with van der Waals surface area (Å²) in [5.41, 5.74) is 0.699. The minimum Gasteiger partial charge on any atom is -0.368 e. The number of benzene rings is 1. The third kappa shape index (κ3) is 8.16. The summed E-state index contributed by atoms with van der Waals surface area (Å²) in [6.07, 6.45) is -2.02. The van der Waals surface area contributed by atoms with Crippen LogP contribution in [0.25, 0.3) is 0 Å². The Hall–Kier alpha value is -2.09. The smallest absolute Gasteiger partial charge is 0.368 e. The molecule has 2 rings (SSSR count). The summed E-state index contributed by atoms with van der Waals surface area (Å²) in [6.45, 7) is 2.63. The van der Waals surface area contributed by atoms with Crippen molar-refractivity contribution < 1.29 is 21.6 Å². The Bertz CT molecular complexity index is 1010. The van der Waals surface area contributed by atoms with Crippen LogP contribution < -0.4 is 16.0 Å². The molecule has 1 aromatic heterocycles. The van der Waals surface area contributed by atoms with Crippen molar-refractivity contribution in [2.75, 3.05) is 31.7 Å². The van der Waals surface area contributed by atoms with E-state index in [0.717, 1.165) is 17.9 Å². The predicted molar refractivity (Wildman–Crippen MR) is 126 cm³/mol. The number of nitrogens with zero attached hydrogens (tertiary/aromatic N) is 2. The number of pyridine rings is 1. The summed E-state index contributed by atoms with van der Waals surface area (Å²) >= 11 is 0. The number of aliphatic imine (C=N–C) groups is 1. The maximum atomic E-state index is 13.0. The largest absolute Gasteiger partial charge is 0.419 e. The molecule has 1 heterocycles. The highest BCUT2D eigenvalue weighted by atomic mass is 127. The Morgan fingerprint density at radius 3 is 2.45 bits per heavy atom. The molecule has 172 valence electrons. The number of hydrogen-bond acceptors (Lipinski definition) is 5. The standard InChI is InChI=1S/C19H24F3N5O2S.HI/c1-13-11-14(6-7-16(13)30(3,28)29)12-27-18(23-2)26-10-9-25-17-15(19(20,21)22)5-4-8-24-17;/h4-8,11H,9-10,12H2,1-3H3,(H,24,25)(H2,23,26,27);1H. The summed E-state index contributed by atoms with van der Waals surface area (Å²) in [5.74, 6) is 0.231. The van der Waals surface area contributed by atoms with Gasteiger partial charge in [-0.1, -0.05) is 12.1 Å². The highest BCUT2D eigenvalue weighted by Crippen LogP contribution is 2.33. The first-order valence-corrected chi connectivity index (χ1v) is 10.9. The number of alkyl halides is 3. The average molecular weight is 571 g/mol.